The van der Waals surface area contributed by atoms with Crippen LogP contribution in [0.2, 0.25) is 0 Å². The summed E-state index contributed by atoms with van der Waals surface area (Å²) in [6, 6.07) is 0.223. The van der Waals surface area contributed by atoms with Crippen LogP contribution >= 0.6 is 0 Å². The van der Waals surface area contributed by atoms with Gasteiger partial charge in [-0.1, -0.05) is 13.8 Å². The molecule has 4 nitrogen and oxygen atoms in total. The van der Waals surface area contributed by atoms with Gasteiger partial charge in [0.1, 0.15) is 0 Å². The SMILES string of the molecule is CC(C)CC(C)N(C)C(=O)C1CCC(C(=O)O)C1. The summed E-state index contributed by atoms with van der Waals surface area (Å²) in [5.74, 6) is -0.501. The minimum atomic E-state index is -0.761. The normalized spacial score (nSPS) is 25.2. The maximum Gasteiger partial charge on any atom is 0.306 e. The van der Waals surface area contributed by atoms with Gasteiger partial charge in [0.15, 0.2) is 0 Å². The molecule has 0 aromatic rings. The zero-order chi connectivity index (χ0) is 13.9. The first-order valence-corrected chi connectivity index (χ1v) is 6.82. The zero-order valence-electron chi connectivity index (χ0n) is 11.8. The van der Waals surface area contributed by atoms with Crippen molar-refractivity contribution in [1.29, 1.82) is 0 Å². The van der Waals surface area contributed by atoms with Crippen molar-refractivity contribution in [1.82, 2.24) is 4.90 Å². The van der Waals surface area contributed by atoms with Crippen LogP contribution in [0.4, 0.5) is 0 Å². The predicted molar refractivity (Wildman–Crippen MR) is 70.2 cm³/mol. The Morgan fingerprint density at radius 1 is 1.22 bits per heavy atom. The molecule has 3 unspecified atom stereocenters. The number of carboxylic acid groups (broad SMARTS) is 1. The molecule has 0 radical (unpaired) electrons. The van der Waals surface area contributed by atoms with E-state index in [2.05, 4.69) is 20.8 Å². The van der Waals surface area contributed by atoms with E-state index in [1.807, 2.05) is 7.05 Å². The van der Waals surface area contributed by atoms with E-state index in [1.54, 1.807) is 4.90 Å². The summed E-state index contributed by atoms with van der Waals surface area (Å²) in [7, 11) is 1.84. The largest absolute Gasteiger partial charge is 0.481 e. The van der Waals surface area contributed by atoms with E-state index in [0.717, 1.165) is 6.42 Å². The summed E-state index contributed by atoms with van der Waals surface area (Å²) < 4.78 is 0. The molecule has 0 bridgehead atoms. The number of rotatable bonds is 5. The van der Waals surface area contributed by atoms with E-state index in [0.29, 0.717) is 25.2 Å². The van der Waals surface area contributed by atoms with Crippen LogP contribution in [0, 0.1) is 17.8 Å². The molecule has 1 aliphatic carbocycles. The van der Waals surface area contributed by atoms with Crippen molar-refractivity contribution in [3.63, 3.8) is 0 Å². The van der Waals surface area contributed by atoms with Crippen molar-refractivity contribution in [2.45, 2.75) is 52.5 Å². The molecule has 0 heterocycles. The lowest BCUT2D eigenvalue weighted by molar-refractivity contribution is -0.141. The zero-order valence-corrected chi connectivity index (χ0v) is 11.8. The van der Waals surface area contributed by atoms with Crippen LogP contribution < -0.4 is 0 Å². The molecule has 0 aliphatic heterocycles. The molecule has 104 valence electrons. The molecule has 1 rings (SSSR count). The first-order chi connectivity index (χ1) is 8.32. The average molecular weight is 255 g/mol. The third kappa shape index (κ3) is 3.72. The van der Waals surface area contributed by atoms with Gasteiger partial charge in [-0.25, -0.2) is 0 Å². The fourth-order valence-corrected chi connectivity index (χ4v) is 2.78. The molecule has 1 aliphatic rings. The number of carbonyl (C=O) groups is 2. The second-order valence-corrected chi connectivity index (χ2v) is 5.97. The minimum Gasteiger partial charge on any atom is -0.481 e. The molecular weight excluding hydrogens is 230 g/mol. The van der Waals surface area contributed by atoms with Crippen LogP contribution in [0.15, 0.2) is 0 Å². The quantitative estimate of drug-likeness (QED) is 0.820. The van der Waals surface area contributed by atoms with Crippen LogP contribution in [0.25, 0.3) is 0 Å². The predicted octanol–water partition coefficient (Wildman–Crippen LogP) is 2.38. The molecule has 1 saturated carbocycles. The topological polar surface area (TPSA) is 57.6 Å². The first kappa shape index (κ1) is 15.0. The fourth-order valence-electron chi connectivity index (χ4n) is 2.78. The first-order valence-electron chi connectivity index (χ1n) is 6.82. The Balaban J connectivity index is 2.52. The molecule has 0 aromatic carbocycles. The highest BCUT2D eigenvalue weighted by Crippen LogP contribution is 2.32. The maximum atomic E-state index is 12.3. The van der Waals surface area contributed by atoms with Gasteiger partial charge in [-0.05, 0) is 38.5 Å². The molecule has 3 atom stereocenters. The number of carboxylic acids is 1. The molecule has 1 amide bonds. The lowest BCUT2D eigenvalue weighted by Crippen LogP contribution is -2.39. The lowest BCUT2D eigenvalue weighted by atomic mass is 10.0. The van der Waals surface area contributed by atoms with Crippen molar-refractivity contribution in [2.24, 2.45) is 17.8 Å². The summed E-state index contributed by atoms with van der Waals surface area (Å²) in [4.78, 5) is 25.0. The van der Waals surface area contributed by atoms with Crippen molar-refractivity contribution in [2.75, 3.05) is 7.05 Å². The Morgan fingerprint density at radius 2 is 1.78 bits per heavy atom. The minimum absolute atomic E-state index is 0.0919. The van der Waals surface area contributed by atoms with Crippen LogP contribution in [0.3, 0.4) is 0 Å². The second-order valence-electron chi connectivity index (χ2n) is 5.97. The second kappa shape index (κ2) is 6.21. The molecule has 0 spiro atoms. The molecular formula is C14H25NO3. The van der Waals surface area contributed by atoms with Gasteiger partial charge < -0.3 is 10.0 Å². The molecule has 0 aromatic heterocycles. The molecule has 18 heavy (non-hydrogen) atoms. The van der Waals surface area contributed by atoms with E-state index in [1.165, 1.54) is 0 Å². The van der Waals surface area contributed by atoms with Gasteiger partial charge in [0, 0.05) is 19.0 Å². The van der Waals surface area contributed by atoms with Gasteiger partial charge in [0.05, 0.1) is 5.92 Å². The number of carbonyl (C=O) groups excluding carboxylic acids is 1. The Morgan fingerprint density at radius 3 is 2.22 bits per heavy atom. The highest BCUT2D eigenvalue weighted by molar-refractivity contribution is 5.81. The monoisotopic (exact) mass is 255 g/mol. The number of amides is 1. The van der Waals surface area contributed by atoms with Crippen molar-refractivity contribution < 1.29 is 14.7 Å². The van der Waals surface area contributed by atoms with Crippen LogP contribution in [-0.2, 0) is 9.59 Å². The number of hydrogen-bond donors (Lipinski definition) is 1. The van der Waals surface area contributed by atoms with E-state index >= 15 is 0 Å². The average Bonchev–Trinajstić information content (AvgIpc) is 2.75. The summed E-state index contributed by atoms with van der Waals surface area (Å²) in [6.45, 7) is 6.34. The maximum absolute atomic E-state index is 12.3. The Kier molecular flexibility index (Phi) is 5.17. The van der Waals surface area contributed by atoms with E-state index in [4.69, 9.17) is 5.11 Å². The lowest BCUT2D eigenvalue weighted by Gasteiger charge is -2.28. The standard InChI is InChI=1S/C14H25NO3/c1-9(2)7-10(3)15(4)13(16)11-5-6-12(8-11)14(17)18/h9-12H,5-8H2,1-4H3,(H,17,18). The summed E-state index contributed by atoms with van der Waals surface area (Å²) >= 11 is 0. The van der Waals surface area contributed by atoms with Gasteiger partial charge in [-0.3, -0.25) is 9.59 Å². The number of aliphatic carboxylic acids is 1. The molecule has 4 heteroatoms. The Bertz CT molecular complexity index is 314. The highest BCUT2D eigenvalue weighted by Gasteiger charge is 2.35. The third-order valence-electron chi connectivity index (χ3n) is 3.95. The van der Waals surface area contributed by atoms with Crippen molar-refractivity contribution in [3.8, 4) is 0 Å². The van der Waals surface area contributed by atoms with Gasteiger partial charge >= 0.3 is 5.97 Å². The van der Waals surface area contributed by atoms with Crippen molar-refractivity contribution in [3.05, 3.63) is 0 Å². The van der Waals surface area contributed by atoms with E-state index in [-0.39, 0.29) is 23.8 Å². The Labute approximate surface area is 109 Å². The van der Waals surface area contributed by atoms with Crippen LogP contribution in [-0.4, -0.2) is 35.0 Å². The van der Waals surface area contributed by atoms with Gasteiger partial charge in [0.25, 0.3) is 0 Å². The van der Waals surface area contributed by atoms with Crippen LogP contribution in [0.1, 0.15) is 46.5 Å². The fraction of sp³-hybridized carbons (Fsp3) is 0.857. The van der Waals surface area contributed by atoms with E-state index < -0.39 is 5.97 Å². The smallest absolute Gasteiger partial charge is 0.306 e. The summed E-state index contributed by atoms with van der Waals surface area (Å²) in [5.41, 5.74) is 0. The highest BCUT2D eigenvalue weighted by atomic mass is 16.4. The van der Waals surface area contributed by atoms with Gasteiger partial charge in [-0.15, -0.1) is 0 Å². The van der Waals surface area contributed by atoms with Gasteiger partial charge in [-0.2, -0.15) is 0 Å². The number of hydrogen-bond acceptors (Lipinski definition) is 2. The van der Waals surface area contributed by atoms with Crippen LogP contribution in [0.5, 0.6) is 0 Å². The third-order valence-corrected chi connectivity index (χ3v) is 3.95. The van der Waals surface area contributed by atoms with E-state index in [9.17, 15) is 9.59 Å². The number of nitrogens with zero attached hydrogens (tertiary/aromatic N) is 1. The molecule has 0 saturated heterocycles. The molecule has 1 N–H and O–H groups in total. The molecule has 1 fully saturated rings. The summed E-state index contributed by atoms with van der Waals surface area (Å²) in [6.07, 6.45) is 2.84. The van der Waals surface area contributed by atoms with Crippen molar-refractivity contribution >= 4 is 11.9 Å². The Hall–Kier alpha value is -1.06. The summed E-state index contributed by atoms with van der Waals surface area (Å²) in [5, 5.41) is 8.95. The van der Waals surface area contributed by atoms with Gasteiger partial charge in [0.2, 0.25) is 5.91 Å².